The van der Waals surface area contributed by atoms with Crippen LogP contribution in [0.2, 0.25) is 10.0 Å². The Bertz CT molecular complexity index is 916. The third-order valence-corrected chi connectivity index (χ3v) is 6.53. The Kier molecular flexibility index (Phi) is 5.22. The first kappa shape index (κ1) is 18.0. The van der Waals surface area contributed by atoms with Crippen molar-refractivity contribution in [2.75, 3.05) is 21.9 Å². The monoisotopic (exact) mass is 398 g/mol. The molecule has 0 atom stereocenters. The number of nitrogens with zero attached hydrogens (tertiary/aromatic N) is 1. The molecule has 1 amide bonds. The second kappa shape index (κ2) is 7.23. The van der Waals surface area contributed by atoms with Gasteiger partial charge in [-0.2, -0.15) is 0 Å². The largest absolute Gasteiger partial charge is 0.322 e. The molecule has 0 aliphatic carbocycles. The van der Waals surface area contributed by atoms with Crippen molar-refractivity contribution in [3.05, 3.63) is 58.1 Å². The van der Waals surface area contributed by atoms with Gasteiger partial charge in [-0.3, -0.25) is 9.10 Å². The summed E-state index contributed by atoms with van der Waals surface area (Å²) in [6.07, 6.45) is 1.47. The normalized spacial score (nSPS) is 16.5. The Morgan fingerprint density at radius 1 is 1.04 bits per heavy atom. The van der Waals surface area contributed by atoms with Gasteiger partial charge in [0, 0.05) is 17.8 Å². The molecule has 5 nitrogen and oxygen atoms in total. The maximum absolute atomic E-state index is 12.5. The zero-order valence-electron chi connectivity index (χ0n) is 13.2. The third kappa shape index (κ3) is 4.08. The van der Waals surface area contributed by atoms with Gasteiger partial charge in [0.2, 0.25) is 10.0 Å². The van der Waals surface area contributed by atoms with E-state index in [0.29, 0.717) is 39.9 Å². The topological polar surface area (TPSA) is 66.5 Å². The van der Waals surface area contributed by atoms with Crippen molar-refractivity contribution in [2.24, 2.45) is 0 Å². The van der Waals surface area contributed by atoms with E-state index < -0.39 is 10.0 Å². The number of hydrogen-bond donors (Lipinski definition) is 1. The molecule has 2 aromatic carbocycles. The van der Waals surface area contributed by atoms with Crippen LogP contribution in [-0.2, 0) is 10.0 Å². The molecule has 0 spiro atoms. The summed E-state index contributed by atoms with van der Waals surface area (Å²) in [6, 6.07) is 11.4. The predicted molar refractivity (Wildman–Crippen MR) is 101 cm³/mol. The quantitative estimate of drug-likeness (QED) is 0.842. The molecule has 0 unspecified atom stereocenters. The number of amides is 1. The van der Waals surface area contributed by atoms with Crippen molar-refractivity contribution < 1.29 is 13.2 Å². The van der Waals surface area contributed by atoms with Gasteiger partial charge in [-0.1, -0.05) is 29.3 Å². The Labute approximate surface area is 156 Å². The molecule has 0 bridgehead atoms. The highest BCUT2D eigenvalue weighted by molar-refractivity contribution is 7.92. The number of sulfonamides is 1. The SMILES string of the molecule is O=C(Nc1ccc(Cl)c(Cl)c1)c1cccc(N2CCCCS2(=O)=O)c1. The van der Waals surface area contributed by atoms with Crippen LogP contribution in [0.1, 0.15) is 23.2 Å². The average Bonchev–Trinajstić information content (AvgIpc) is 2.58. The van der Waals surface area contributed by atoms with Crippen LogP contribution in [0.5, 0.6) is 0 Å². The summed E-state index contributed by atoms with van der Waals surface area (Å²) >= 11 is 11.8. The van der Waals surface area contributed by atoms with E-state index in [0.717, 1.165) is 6.42 Å². The zero-order chi connectivity index (χ0) is 18.0. The van der Waals surface area contributed by atoms with Crippen LogP contribution in [0.25, 0.3) is 0 Å². The van der Waals surface area contributed by atoms with Crippen molar-refractivity contribution in [1.29, 1.82) is 0 Å². The lowest BCUT2D eigenvalue weighted by Gasteiger charge is -2.28. The van der Waals surface area contributed by atoms with Crippen LogP contribution in [0.3, 0.4) is 0 Å². The van der Waals surface area contributed by atoms with Gasteiger partial charge < -0.3 is 5.32 Å². The van der Waals surface area contributed by atoms with Crippen LogP contribution in [0, 0.1) is 0 Å². The van der Waals surface area contributed by atoms with Gasteiger partial charge in [0.1, 0.15) is 0 Å². The maximum atomic E-state index is 12.5. The summed E-state index contributed by atoms with van der Waals surface area (Å²) in [5.41, 5.74) is 1.38. The highest BCUT2D eigenvalue weighted by Crippen LogP contribution is 2.27. The molecule has 132 valence electrons. The van der Waals surface area contributed by atoms with Crippen molar-refractivity contribution in [3.8, 4) is 0 Å². The molecule has 1 N–H and O–H groups in total. The Hall–Kier alpha value is -1.76. The standard InChI is InChI=1S/C17H16Cl2N2O3S/c18-15-7-6-13(11-16(15)19)20-17(22)12-4-3-5-14(10-12)21-8-1-2-9-25(21,23)24/h3-7,10-11H,1-2,8-9H2,(H,20,22). The van der Waals surface area contributed by atoms with E-state index in [1.807, 2.05) is 0 Å². The van der Waals surface area contributed by atoms with Gasteiger partial charge in [0.25, 0.3) is 5.91 Å². The van der Waals surface area contributed by atoms with Crippen LogP contribution < -0.4 is 9.62 Å². The number of benzene rings is 2. The highest BCUT2D eigenvalue weighted by atomic mass is 35.5. The van der Waals surface area contributed by atoms with Crippen LogP contribution in [0.4, 0.5) is 11.4 Å². The van der Waals surface area contributed by atoms with Crippen molar-refractivity contribution in [1.82, 2.24) is 0 Å². The van der Waals surface area contributed by atoms with E-state index in [1.54, 1.807) is 42.5 Å². The fourth-order valence-electron chi connectivity index (χ4n) is 2.66. The maximum Gasteiger partial charge on any atom is 0.255 e. The fourth-order valence-corrected chi connectivity index (χ4v) is 4.59. The second-order valence-corrected chi connectivity index (χ2v) is 8.56. The van der Waals surface area contributed by atoms with E-state index in [9.17, 15) is 13.2 Å². The Morgan fingerprint density at radius 2 is 1.84 bits per heavy atom. The lowest BCUT2D eigenvalue weighted by molar-refractivity contribution is 0.102. The first-order valence-corrected chi connectivity index (χ1v) is 10.1. The number of rotatable bonds is 3. The number of halogens is 2. The molecule has 0 radical (unpaired) electrons. The van der Waals surface area contributed by atoms with Crippen LogP contribution in [0.15, 0.2) is 42.5 Å². The minimum absolute atomic E-state index is 0.132. The van der Waals surface area contributed by atoms with Crippen LogP contribution >= 0.6 is 23.2 Å². The number of carbonyl (C=O) groups is 1. The summed E-state index contributed by atoms with van der Waals surface area (Å²) in [5.74, 6) is -0.221. The molecule has 0 aromatic heterocycles. The molecule has 8 heteroatoms. The number of nitrogens with one attached hydrogen (secondary N) is 1. The molecule has 0 saturated carbocycles. The van der Waals surface area contributed by atoms with Gasteiger partial charge in [-0.05, 0) is 49.2 Å². The predicted octanol–water partition coefficient (Wildman–Crippen LogP) is 4.18. The van der Waals surface area contributed by atoms with E-state index in [-0.39, 0.29) is 11.7 Å². The van der Waals surface area contributed by atoms with Crippen molar-refractivity contribution >= 4 is 50.5 Å². The molecular formula is C17H16Cl2N2O3S. The summed E-state index contributed by atoms with van der Waals surface area (Å²) in [4.78, 5) is 12.5. The van der Waals surface area contributed by atoms with E-state index in [1.165, 1.54) is 4.31 Å². The van der Waals surface area contributed by atoms with Crippen molar-refractivity contribution in [2.45, 2.75) is 12.8 Å². The molecule has 1 heterocycles. The van der Waals surface area contributed by atoms with Gasteiger partial charge >= 0.3 is 0 Å². The molecule has 3 rings (SSSR count). The molecule has 25 heavy (non-hydrogen) atoms. The van der Waals surface area contributed by atoms with E-state index in [4.69, 9.17) is 23.2 Å². The summed E-state index contributed by atoms with van der Waals surface area (Å²) in [5, 5.41) is 3.47. The molecular weight excluding hydrogens is 383 g/mol. The second-order valence-electron chi connectivity index (χ2n) is 5.73. The van der Waals surface area contributed by atoms with Crippen molar-refractivity contribution in [3.63, 3.8) is 0 Å². The summed E-state index contributed by atoms with van der Waals surface area (Å²) < 4.78 is 25.8. The van der Waals surface area contributed by atoms with Gasteiger partial charge in [0.05, 0.1) is 21.5 Å². The summed E-state index contributed by atoms with van der Waals surface area (Å²) in [6.45, 7) is 0.431. The van der Waals surface area contributed by atoms with E-state index in [2.05, 4.69) is 5.32 Å². The van der Waals surface area contributed by atoms with Gasteiger partial charge in [-0.25, -0.2) is 8.42 Å². The molecule has 1 saturated heterocycles. The molecule has 1 aliphatic rings. The first-order valence-electron chi connectivity index (χ1n) is 7.74. The lowest BCUT2D eigenvalue weighted by Crippen LogP contribution is -2.37. The Morgan fingerprint density at radius 3 is 2.56 bits per heavy atom. The Balaban J connectivity index is 1.83. The zero-order valence-corrected chi connectivity index (χ0v) is 15.5. The number of anilines is 2. The minimum Gasteiger partial charge on any atom is -0.322 e. The number of hydrogen-bond acceptors (Lipinski definition) is 3. The lowest BCUT2D eigenvalue weighted by atomic mass is 10.1. The highest BCUT2D eigenvalue weighted by Gasteiger charge is 2.26. The minimum atomic E-state index is -3.32. The smallest absolute Gasteiger partial charge is 0.255 e. The van der Waals surface area contributed by atoms with Crippen LogP contribution in [-0.4, -0.2) is 26.6 Å². The molecule has 1 aliphatic heterocycles. The van der Waals surface area contributed by atoms with Gasteiger partial charge in [0.15, 0.2) is 0 Å². The summed E-state index contributed by atoms with van der Waals surface area (Å²) in [7, 11) is -3.32. The van der Waals surface area contributed by atoms with E-state index >= 15 is 0 Å². The molecule has 1 fully saturated rings. The first-order chi connectivity index (χ1) is 11.9. The van der Waals surface area contributed by atoms with Gasteiger partial charge in [-0.15, -0.1) is 0 Å². The third-order valence-electron chi connectivity index (χ3n) is 3.92. The fraction of sp³-hybridized carbons (Fsp3) is 0.235. The average molecular weight is 399 g/mol. The number of carbonyl (C=O) groups excluding carboxylic acids is 1. The molecule has 2 aromatic rings.